The number of nitriles is 1. The summed E-state index contributed by atoms with van der Waals surface area (Å²) in [4.78, 5) is 0. The standard InChI is InChI=1S/C12H12F3N/c13-12(14,15)8-11(9-16)7-6-10-4-2-1-3-5-10/h1-5,11H,6-8H2. The zero-order chi connectivity index (χ0) is 12.0. The van der Waals surface area contributed by atoms with Gasteiger partial charge in [0, 0.05) is 0 Å². The minimum atomic E-state index is -4.25. The number of aryl methyl sites for hydroxylation is 1. The first kappa shape index (κ1) is 12.6. The quantitative estimate of drug-likeness (QED) is 0.769. The predicted molar refractivity (Wildman–Crippen MR) is 54.5 cm³/mol. The topological polar surface area (TPSA) is 23.8 Å². The highest BCUT2D eigenvalue weighted by molar-refractivity contribution is 5.14. The zero-order valence-electron chi connectivity index (χ0n) is 8.67. The molecule has 0 aliphatic heterocycles. The van der Waals surface area contributed by atoms with Crippen LogP contribution in [0.3, 0.4) is 0 Å². The molecule has 1 nitrogen and oxygen atoms in total. The minimum Gasteiger partial charge on any atom is -0.198 e. The lowest BCUT2D eigenvalue weighted by atomic mass is 9.98. The highest BCUT2D eigenvalue weighted by atomic mass is 19.4. The number of alkyl halides is 3. The molecule has 0 spiro atoms. The molecule has 0 heterocycles. The van der Waals surface area contributed by atoms with E-state index in [0.717, 1.165) is 5.56 Å². The maximum atomic E-state index is 12.1. The Kier molecular flexibility index (Phi) is 4.36. The van der Waals surface area contributed by atoms with E-state index in [4.69, 9.17) is 5.26 Å². The molecule has 4 heteroatoms. The van der Waals surface area contributed by atoms with E-state index in [9.17, 15) is 13.2 Å². The van der Waals surface area contributed by atoms with Crippen molar-refractivity contribution >= 4 is 0 Å². The van der Waals surface area contributed by atoms with Crippen LogP contribution in [0.2, 0.25) is 0 Å². The summed E-state index contributed by atoms with van der Waals surface area (Å²) in [6.45, 7) is 0. The van der Waals surface area contributed by atoms with Crippen LogP contribution in [0.1, 0.15) is 18.4 Å². The van der Waals surface area contributed by atoms with Gasteiger partial charge in [0.05, 0.1) is 18.4 Å². The summed E-state index contributed by atoms with van der Waals surface area (Å²) < 4.78 is 36.2. The van der Waals surface area contributed by atoms with Crippen LogP contribution in [0.4, 0.5) is 13.2 Å². The Labute approximate surface area is 92.5 Å². The summed E-state index contributed by atoms with van der Waals surface area (Å²) in [5.74, 6) is -0.944. The predicted octanol–water partition coefficient (Wildman–Crippen LogP) is 3.71. The van der Waals surface area contributed by atoms with Crippen molar-refractivity contribution in [2.45, 2.75) is 25.4 Å². The van der Waals surface area contributed by atoms with Gasteiger partial charge in [-0.15, -0.1) is 0 Å². The van der Waals surface area contributed by atoms with Crippen LogP contribution in [0.5, 0.6) is 0 Å². The summed E-state index contributed by atoms with van der Waals surface area (Å²) >= 11 is 0. The van der Waals surface area contributed by atoms with Gasteiger partial charge < -0.3 is 0 Å². The van der Waals surface area contributed by atoms with Gasteiger partial charge in [-0.05, 0) is 18.4 Å². The van der Waals surface area contributed by atoms with Crippen molar-refractivity contribution in [1.29, 1.82) is 5.26 Å². The second kappa shape index (κ2) is 5.55. The number of hydrogen-bond donors (Lipinski definition) is 0. The molecule has 1 aromatic rings. The largest absolute Gasteiger partial charge is 0.390 e. The van der Waals surface area contributed by atoms with E-state index in [-0.39, 0.29) is 6.42 Å². The first-order valence-corrected chi connectivity index (χ1v) is 5.01. The molecule has 0 fully saturated rings. The second-order valence-corrected chi connectivity index (χ2v) is 3.67. The Bertz CT molecular complexity index is 351. The van der Waals surface area contributed by atoms with Crippen molar-refractivity contribution < 1.29 is 13.2 Å². The lowest BCUT2D eigenvalue weighted by Gasteiger charge is -2.11. The third-order valence-electron chi connectivity index (χ3n) is 2.28. The monoisotopic (exact) mass is 227 g/mol. The van der Waals surface area contributed by atoms with Crippen molar-refractivity contribution in [2.24, 2.45) is 5.92 Å². The van der Waals surface area contributed by atoms with Gasteiger partial charge in [0.2, 0.25) is 0 Å². The van der Waals surface area contributed by atoms with Crippen LogP contribution < -0.4 is 0 Å². The Morgan fingerprint density at radius 2 is 1.81 bits per heavy atom. The average Bonchev–Trinajstić information content (AvgIpc) is 2.24. The zero-order valence-corrected chi connectivity index (χ0v) is 8.67. The highest BCUT2D eigenvalue weighted by Crippen LogP contribution is 2.26. The molecule has 0 amide bonds. The molecule has 16 heavy (non-hydrogen) atoms. The average molecular weight is 227 g/mol. The summed E-state index contributed by atoms with van der Waals surface area (Å²) in [6, 6.07) is 10.9. The molecule has 0 aromatic heterocycles. The van der Waals surface area contributed by atoms with Gasteiger partial charge in [0.15, 0.2) is 0 Å². The van der Waals surface area contributed by atoms with E-state index in [1.54, 1.807) is 6.07 Å². The van der Waals surface area contributed by atoms with Crippen molar-refractivity contribution in [3.8, 4) is 6.07 Å². The van der Waals surface area contributed by atoms with Crippen molar-refractivity contribution in [1.82, 2.24) is 0 Å². The third-order valence-corrected chi connectivity index (χ3v) is 2.28. The van der Waals surface area contributed by atoms with Gasteiger partial charge in [-0.1, -0.05) is 30.3 Å². The Morgan fingerprint density at radius 1 is 1.19 bits per heavy atom. The van der Waals surface area contributed by atoms with Gasteiger partial charge in [0.25, 0.3) is 0 Å². The summed E-state index contributed by atoms with van der Waals surface area (Å²) in [5, 5.41) is 8.62. The fourth-order valence-electron chi connectivity index (χ4n) is 1.48. The smallest absolute Gasteiger partial charge is 0.198 e. The van der Waals surface area contributed by atoms with Crippen LogP contribution in [0.15, 0.2) is 30.3 Å². The van der Waals surface area contributed by atoms with E-state index >= 15 is 0 Å². The van der Waals surface area contributed by atoms with Crippen LogP contribution in [-0.4, -0.2) is 6.18 Å². The number of benzene rings is 1. The van der Waals surface area contributed by atoms with E-state index in [1.807, 2.05) is 30.3 Å². The van der Waals surface area contributed by atoms with Gasteiger partial charge in [-0.2, -0.15) is 18.4 Å². The molecule has 1 atom stereocenters. The van der Waals surface area contributed by atoms with Gasteiger partial charge >= 0.3 is 6.18 Å². The third kappa shape index (κ3) is 4.83. The van der Waals surface area contributed by atoms with Gasteiger partial charge in [0.1, 0.15) is 0 Å². The van der Waals surface area contributed by atoms with Crippen LogP contribution >= 0.6 is 0 Å². The number of rotatable bonds is 4. The number of nitrogens with zero attached hydrogens (tertiary/aromatic N) is 1. The van der Waals surface area contributed by atoms with Crippen LogP contribution in [0, 0.1) is 17.2 Å². The normalized spacial score (nSPS) is 13.1. The molecule has 0 aliphatic carbocycles. The maximum absolute atomic E-state index is 12.1. The summed E-state index contributed by atoms with van der Waals surface area (Å²) in [7, 11) is 0. The molecule has 0 bridgehead atoms. The first-order valence-electron chi connectivity index (χ1n) is 5.01. The van der Waals surface area contributed by atoms with E-state index in [0.29, 0.717) is 6.42 Å². The van der Waals surface area contributed by atoms with E-state index in [1.165, 1.54) is 0 Å². The van der Waals surface area contributed by atoms with Gasteiger partial charge in [-0.25, -0.2) is 0 Å². The SMILES string of the molecule is N#CC(CCc1ccccc1)CC(F)(F)F. The Morgan fingerprint density at radius 3 is 2.31 bits per heavy atom. The fraction of sp³-hybridized carbons (Fsp3) is 0.417. The summed E-state index contributed by atoms with van der Waals surface area (Å²) in [6.07, 6.45) is -4.51. The Hall–Kier alpha value is -1.50. The van der Waals surface area contributed by atoms with Crippen molar-refractivity contribution in [2.75, 3.05) is 0 Å². The van der Waals surface area contributed by atoms with E-state index in [2.05, 4.69) is 0 Å². The molecule has 0 saturated carbocycles. The molecule has 0 aliphatic rings. The molecule has 1 aromatic carbocycles. The number of hydrogen-bond acceptors (Lipinski definition) is 1. The summed E-state index contributed by atoms with van der Waals surface area (Å²) in [5.41, 5.74) is 0.963. The second-order valence-electron chi connectivity index (χ2n) is 3.67. The molecule has 0 saturated heterocycles. The van der Waals surface area contributed by atoms with E-state index < -0.39 is 18.5 Å². The molecular formula is C12H12F3N. The first-order chi connectivity index (χ1) is 7.51. The molecule has 86 valence electrons. The fourth-order valence-corrected chi connectivity index (χ4v) is 1.48. The Balaban J connectivity index is 2.44. The highest BCUT2D eigenvalue weighted by Gasteiger charge is 2.31. The van der Waals surface area contributed by atoms with Crippen LogP contribution in [0.25, 0.3) is 0 Å². The molecule has 0 N–H and O–H groups in total. The lowest BCUT2D eigenvalue weighted by molar-refractivity contribution is -0.141. The van der Waals surface area contributed by atoms with Crippen LogP contribution in [-0.2, 0) is 6.42 Å². The molecule has 1 unspecified atom stereocenters. The molecule has 1 rings (SSSR count). The van der Waals surface area contributed by atoms with Gasteiger partial charge in [-0.3, -0.25) is 0 Å². The van der Waals surface area contributed by atoms with Crippen molar-refractivity contribution in [3.05, 3.63) is 35.9 Å². The maximum Gasteiger partial charge on any atom is 0.390 e. The molecular weight excluding hydrogens is 215 g/mol. The molecule has 0 radical (unpaired) electrons. The minimum absolute atomic E-state index is 0.250. The lowest BCUT2D eigenvalue weighted by Crippen LogP contribution is -2.14. The number of halogens is 3. The van der Waals surface area contributed by atoms with Crippen molar-refractivity contribution in [3.63, 3.8) is 0 Å².